The molecule has 47 heavy (non-hydrogen) atoms. The van der Waals surface area contributed by atoms with Gasteiger partial charge in [0.1, 0.15) is 11.5 Å². The van der Waals surface area contributed by atoms with Gasteiger partial charge in [-0.2, -0.15) is 0 Å². The summed E-state index contributed by atoms with van der Waals surface area (Å²) >= 11 is 12.2. The van der Waals surface area contributed by atoms with Crippen molar-refractivity contribution in [3.05, 3.63) is 145 Å². The van der Waals surface area contributed by atoms with Crippen LogP contribution in [0.15, 0.2) is 73.8 Å². The predicted octanol–water partition coefficient (Wildman–Crippen LogP) is 6.90. The van der Waals surface area contributed by atoms with Crippen molar-refractivity contribution >= 4 is 23.2 Å². The number of ether oxygens (including phenoxy) is 2. The lowest BCUT2D eigenvalue weighted by atomic mass is 10.1. The van der Waals surface area contributed by atoms with E-state index in [4.69, 9.17) is 32.7 Å². The molecule has 0 aliphatic rings. The first-order valence-corrected chi connectivity index (χ1v) is 15.7. The van der Waals surface area contributed by atoms with Crippen molar-refractivity contribution in [3.8, 4) is 23.3 Å². The molecule has 0 bridgehead atoms. The first-order valence-electron chi connectivity index (χ1n) is 14.9. The number of nitrogens with zero attached hydrogens (tertiary/aromatic N) is 1. The smallest absolute Gasteiger partial charge is 0.331 e. The van der Waals surface area contributed by atoms with Gasteiger partial charge in [-0.3, -0.25) is 29.1 Å². The predicted molar refractivity (Wildman–Crippen MR) is 185 cm³/mol. The average Bonchev–Trinajstić information content (AvgIpc) is 2.94. The number of nitrogens with one attached hydrogen (secondary N) is 3. The first-order chi connectivity index (χ1) is 22.3. The summed E-state index contributed by atoms with van der Waals surface area (Å²) in [6.45, 7) is 11.7. The highest BCUT2D eigenvalue weighted by molar-refractivity contribution is 6.34. The zero-order valence-electron chi connectivity index (χ0n) is 27.0. The summed E-state index contributed by atoms with van der Waals surface area (Å²) in [5.74, 6) is 1.60. The maximum absolute atomic E-state index is 12.6. The fourth-order valence-electron chi connectivity index (χ4n) is 5.16. The Labute approximate surface area is 281 Å². The van der Waals surface area contributed by atoms with E-state index in [1.807, 2.05) is 77.9 Å². The zero-order valence-corrected chi connectivity index (χ0v) is 28.5. The summed E-state index contributed by atoms with van der Waals surface area (Å²) in [5.41, 5.74) is 3.71. The van der Waals surface area contributed by atoms with E-state index in [9.17, 15) is 19.2 Å². The SMILES string of the molecule is CCc1c(Oc2cc(C)cc(C)c2)[nH]c(=O)[nH]c1=O.CCc1c(Oc2cc(C)cc(C)c2)n(Cc2cc(Cl)cc(Cl)c2)c(=O)[nH]c1=O. The van der Waals surface area contributed by atoms with Crippen molar-refractivity contribution in [3.63, 3.8) is 0 Å². The van der Waals surface area contributed by atoms with E-state index in [0.29, 0.717) is 45.5 Å². The minimum atomic E-state index is -0.568. The van der Waals surface area contributed by atoms with Gasteiger partial charge in [-0.05, 0) is 111 Å². The third-order valence-electron chi connectivity index (χ3n) is 7.04. The molecule has 0 saturated carbocycles. The summed E-state index contributed by atoms with van der Waals surface area (Å²) in [6.07, 6.45) is 0.887. The molecular formula is C35H36Cl2N4O6. The van der Waals surface area contributed by atoms with Gasteiger partial charge in [0.2, 0.25) is 11.8 Å². The topological polar surface area (TPSA) is 139 Å². The molecule has 246 valence electrons. The van der Waals surface area contributed by atoms with E-state index < -0.39 is 22.5 Å². The van der Waals surface area contributed by atoms with Crippen LogP contribution in [0.5, 0.6) is 23.3 Å². The Bertz CT molecular complexity index is 2100. The molecule has 0 unspecified atom stereocenters. The van der Waals surface area contributed by atoms with E-state index in [0.717, 1.165) is 27.8 Å². The number of aromatic amines is 3. The Morgan fingerprint density at radius 2 is 1.11 bits per heavy atom. The van der Waals surface area contributed by atoms with Gasteiger partial charge in [0, 0.05) is 10.0 Å². The van der Waals surface area contributed by atoms with Crippen molar-refractivity contribution in [2.24, 2.45) is 0 Å². The van der Waals surface area contributed by atoms with Gasteiger partial charge in [0.05, 0.1) is 17.7 Å². The highest BCUT2D eigenvalue weighted by atomic mass is 35.5. The van der Waals surface area contributed by atoms with Crippen LogP contribution in [-0.4, -0.2) is 19.5 Å². The van der Waals surface area contributed by atoms with Crippen LogP contribution in [0.3, 0.4) is 0 Å². The summed E-state index contributed by atoms with van der Waals surface area (Å²) in [5, 5.41) is 0.930. The number of halogens is 2. The minimum Gasteiger partial charge on any atom is -0.440 e. The molecule has 2 aromatic heterocycles. The lowest BCUT2D eigenvalue weighted by Crippen LogP contribution is -2.33. The molecule has 0 amide bonds. The third kappa shape index (κ3) is 9.15. The second-order valence-electron chi connectivity index (χ2n) is 11.2. The van der Waals surface area contributed by atoms with E-state index in [1.54, 1.807) is 18.2 Å². The van der Waals surface area contributed by atoms with Crippen molar-refractivity contribution in [2.45, 2.75) is 60.9 Å². The molecular weight excluding hydrogens is 643 g/mol. The van der Waals surface area contributed by atoms with Crippen LogP contribution in [0.1, 0.15) is 52.8 Å². The van der Waals surface area contributed by atoms with Crippen LogP contribution in [0.25, 0.3) is 0 Å². The number of hydrogen-bond donors (Lipinski definition) is 3. The molecule has 0 radical (unpaired) electrons. The van der Waals surface area contributed by atoms with Crippen molar-refractivity contribution in [2.75, 3.05) is 0 Å². The van der Waals surface area contributed by atoms with E-state index >= 15 is 0 Å². The number of hydrogen-bond acceptors (Lipinski definition) is 6. The standard InChI is InChI=1S/C21H20Cl2N2O3.C14H16N2O3/c1-4-18-19(26)24-21(27)25(11-14-8-15(22)10-16(23)9-14)20(18)28-17-6-12(2)5-13(3)7-17;1-4-11-12(17)15-14(18)16-13(11)19-10-6-8(2)5-9(3)7-10/h5-10H,4,11H2,1-3H3,(H,24,26,27);5-7H,4H2,1-3H3,(H2,15,16,17,18). The van der Waals surface area contributed by atoms with E-state index in [2.05, 4.69) is 15.0 Å². The molecule has 3 aromatic carbocycles. The van der Waals surface area contributed by atoms with E-state index in [-0.39, 0.29) is 18.3 Å². The fourth-order valence-corrected chi connectivity index (χ4v) is 5.73. The number of aryl methyl sites for hydroxylation is 4. The van der Waals surface area contributed by atoms with Gasteiger partial charge in [-0.25, -0.2) is 9.59 Å². The summed E-state index contributed by atoms with van der Waals surface area (Å²) < 4.78 is 13.1. The number of H-pyrrole nitrogens is 3. The molecule has 12 heteroatoms. The lowest BCUT2D eigenvalue weighted by Gasteiger charge is -2.17. The molecule has 5 rings (SSSR count). The van der Waals surface area contributed by atoms with Gasteiger partial charge in [0.25, 0.3) is 11.1 Å². The monoisotopic (exact) mass is 678 g/mol. The van der Waals surface area contributed by atoms with Crippen molar-refractivity contribution < 1.29 is 9.47 Å². The van der Waals surface area contributed by atoms with Crippen LogP contribution >= 0.6 is 23.2 Å². The second-order valence-corrected chi connectivity index (χ2v) is 12.1. The second kappa shape index (κ2) is 15.2. The van der Waals surface area contributed by atoms with E-state index in [1.165, 1.54) is 4.57 Å². The fraction of sp³-hybridized carbons (Fsp3) is 0.257. The van der Waals surface area contributed by atoms with Gasteiger partial charge >= 0.3 is 11.4 Å². The van der Waals surface area contributed by atoms with Gasteiger partial charge in [-0.15, -0.1) is 0 Å². The van der Waals surface area contributed by atoms with Crippen molar-refractivity contribution in [1.82, 2.24) is 19.5 Å². The molecule has 0 saturated heterocycles. The quantitative estimate of drug-likeness (QED) is 0.163. The van der Waals surface area contributed by atoms with Gasteiger partial charge in [0.15, 0.2) is 0 Å². The summed E-state index contributed by atoms with van der Waals surface area (Å²) in [4.78, 5) is 55.0. The molecule has 2 heterocycles. The van der Waals surface area contributed by atoms with Crippen LogP contribution in [0, 0.1) is 27.7 Å². The van der Waals surface area contributed by atoms with Gasteiger partial charge in [-0.1, -0.05) is 49.2 Å². The minimum absolute atomic E-state index is 0.156. The van der Waals surface area contributed by atoms with Crippen LogP contribution in [-0.2, 0) is 19.4 Å². The summed E-state index contributed by atoms with van der Waals surface area (Å²) in [7, 11) is 0. The zero-order chi connectivity index (χ0) is 34.4. The first kappa shape index (κ1) is 35.1. The number of rotatable bonds is 8. The van der Waals surface area contributed by atoms with Crippen LogP contribution < -0.4 is 32.0 Å². The Morgan fingerprint density at radius 1 is 0.617 bits per heavy atom. The third-order valence-corrected chi connectivity index (χ3v) is 7.48. The molecule has 0 aliphatic carbocycles. The highest BCUT2D eigenvalue weighted by Gasteiger charge is 2.17. The largest absolute Gasteiger partial charge is 0.440 e. The maximum Gasteiger partial charge on any atom is 0.331 e. The molecule has 0 aliphatic heterocycles. The Hall–Kier alpha value is -4.80. The highest BCUT2D eigenvalue weighted by Crippen LogP contribution is 2.27. The normalized spacial score (nSPS) is 10.7. The van der Waals surface area contributed by atoms with Crippen molar-refractivity contribution in [1.29, 1.82) is 0 Å². The molecule has 5 aromatic rings. The number of aromatic nitrogens is 4. The molecule has 0 fully saturated rings. The molecule has 3 N–H and O–H groups in total. The molecule has 10 nitrogen and oxygen atoms in total. The Balaban J connectivity index is 0.000000229. The Morgan fingerprint density at radius 3 is 1.62 bits per heavy atom. The maximum atomic E-state index is 12.6. The average molecular weight is 680 g/mol. The van der Waals surface area contributed by atoms with Crippen LogP contribution in [0.4, 0.5) is 0 Å². The lowest BCUT2D eigenvalue weighted by molar-refractivity contribution is 0.414. The Kier molecular flexibility index (Phi) is 11.3. The summed E-state index contributed by atoms with van der Waals surface area (Å²) in [6, 6.07) is 16.5. The van der Waals surface area contributed by atoms with Crippen LogP contribution in [0.2, 0.25) is 10.0 Å². The van der Waals surface area contributed by atoms with Gasteiger partial charge < -0.3 is 9.47 Å². The molecule has 0 spiro atoms. The number of benzene rings is 3. The molecule has 0 atom stereocenters.